The summed E-state index contributed by atoms with van der Waals surface area (Å²) in [7, 11) is 0. The number of aliphatic hydroxyl groups is 1. The van der Waals surface area contributed by atoms with Crippen LogP contribution in [0.4, 0.5) is 17.3 Å². The van der Waals surface area contributed by atoms with Gasteiger partial charge in [-0.1, -0.05) is 87.3 Å². The number of aliphatic hydroxyl groups excluding tert-OH is 1. The summed E-state index contributed by atoms with van der Waals surface area (Å²) in [6, 6.07) is 11.0. The van der Waals surface area contributed by atoms with E-state index in [4.69, 9.17) is 23.1 Å². The third kappa shape index (κ3) is 14.8. The number of rotatable bonds is 20. The van der Waals surface area contributed by atoms with E-state index in [1.165, 1.54) is 16.7 Å². The molecule has 2 aliphatic heterocycles. The van der Waals surface area contributed by atoms with Crippen LogP contribution in [0.1, 0.15) is 116 Å². The number of aromatic nitrogens is 3. The number of nitrogens with one attached hydrogen (secondary N) is 4. The molecule has 2 aliphatic rings. The molecule has 4 heterocycles. The lowest BCUT2D eigenvalue weighted by Crippen LogP contribution is -2.57. The second kappa shape index (κ2) is 24.2. The third-order valence-corrected chi connectivity index (χ3v) is 15.3. The highest BCUT2D eigenvalue weighted by molar-refractivity contribution is 7.99. The minimum atomic E-state index is -0.919. The normalized spacial score (nSPS) is 17.7. The number of carbonyl (C=O) groups excluding carboxylic acids is 5. The summed E-state index contributed by atoms with van der Waals surface area (Å²) in [5.41, 5.74) is 16.8. The molecule has 0 bridgehead atoms. The van der Waals surface area contributed by atoms with Crippen LogP contribution < -0.4 is 37.6 Å². The van der Waals surface area contributed by atoms with Crippen molar-refractivity contribution < 1.29 is 29.1 Å². The second-order valence-electron chi connectivity index (χ2n) is 19.7. The summed E-state index contributed by atoms with van der Waals surface area (Å²) < 4.78 is 0. The highest BCUT2D eigenvalue weighted by Gasteiger charge is 2.44. The van der Waals surface area contributed by atoms with Crippen molar-refractivity contribution in [3.05, 3.63) is 70.5 Å². The van der Waals surface area contributed by atoms with Crippen LogP contribution >= 0.6 is 34.7 Å². The Morgan fingerprint density at radius 2 is 1.66 bits per heavy atom. The number of benzene rings is 2. The molecule has 9 N–H and O–H groups in total. The fraction of sp³-hybridized carbons (Fsp3) is 0.520. The minimum absolute atomic E-state index is 0.00414. The summed E-state index contributed by atoms with van der Waals surface area (Å²) in [4.78, 5) is 85.0. The van der Waals surface area contributed by atoms with Crippen molar-refractivity contribution in [2.45, 2.75) is 145 Å². The number of hydrogen-bond donors (Lipinski definition) is 7. The Hall–Kier alpha value is -5.34. The van der Waals surface area contributed by atoms with Gasteiger partial charge in [0, 0.05) is 62.3 Å². The Bertz CT molecular complexity index is 2470. The van der Waals surface area contributed by atoms with E-state index < -0.39 is 29.5 Å². The summed E-state index contributed by atoms with van der Waals surface area (Å²) >= 11 is 9.51. The van der Waals surface area contributed by atoms with Crippen LogP contribution in [-0.4, -0.2) is 104 Å². The zero-order valence-electron chi connectivity index (χ0n) is 41.0. The molecule has 4 aromatic rings. The number of aryl methyl sites for hydroxylation is 1. The van der Waals surface area contributed by atoms with Gasteiger partial charge >= 0.3 is 0 Å². The highest BCUT2D eigenvalue weighted by atomic mass is 35.5. The molecule has 17 nitrogen and oxygen atoms in total. The van der Waals surface area contributed by atoms with E-state index in [1.807, 2.05) is 64.4 Å². The SMILES string of the molecule is Cc1ncsc1-c1ccc([C@@H](C)NC(=O)[C@H]2C[C@@H](O)CN2C(=O)[C@H](NC(=O)CCCCCCNC(=O)CCC(=O)Nc2cccc(Sc3ncc(N4CCC(C)(N)CC4)nc3N)c2Cl)C(C)(C)C)cc1. The fourth-order valence-corrected chi connectivity index (χ4v) is 10.3. The topological polar surface area (TPSA) is 251 Å². The number of unbranched alkanes of at least 4 members (excludes halogenated alkanes) is 3. The molecule has 2 aromatic carbocycles. The van der Waals surface area contributed by atoms with E-state index in [0.717, 1.165) is 60.5 Å². The maximum atomic E-state index is 14.1. The number of β-amino-alcohol motifs (C(OH)–C–C–N with tert-alkyl or cyclic N) is 1. The quantitative estimate of drug-likeness (QED) is 0.0452. The predicted octanol–water partition coefficient (Wildman–Crippen LogP) is 6.77. The average Bonchev–Trinajstić information content (AvgIpc) is 3.93. The third-order valence-electron chi connectivity index (χ3n) is 12.7. The number of nitrogens with two attached hydrogens (primary N) is 2. The molecule has 0 radical (unpaired) electrons. The zero-order chi connectivity index (χ0) is 50.8. The van der Waals surface area contributed by atoms with Crippen molar-refractivity contribution in [1.82, 2.24) is 35.8 Å². The van der Waals surface area contributed by atoms with Crippen molar-refractivity contribution in [2.24, 2.45) is 11.1 Å². The van der Waals surface area contributed by atoms with Gasteiger partial charge in [0.1, 0.15) is 22.9 Å². The van der Waals surface area contributed by atoms with Gasteiger partial charge in [-0.2, -0.15) is 0 Å². The van der Waals surface area contributed by atoms with E-state index in [0.29, 0.717) is 45.8 Å². The molecule has 20 heteroatoms. The molecule has 5 amide bonds. The number of anilines is 3. The zero-order valence-corrected chi connectivity index (χ0v) is 43.4. The number of piperidine rings is 1. The fourth-order valence-electron chi connectivity index (χ4n) is 8.42. The first-order valence-electron chi connectivity index (χ1n) is 24.0. The Morgan fingerprint density at radius 1 is 0.957 bits per heavy atom. The van der Waals surface area contributed by atoms with Crippen molar-refractivity contribution in [2.75, 3.05) is 42.1 Å². The summed E-state index contributed by atoms with van der Waals surface area (Å²) in [6.45, 7) is 13.4. The van der Waals surface area contributed by atoms with Crippen molar-refractivity contribution >= 4 is 81.6 Å². The maximum Gasteiger partial charge on any atom is 0.246 e. The molecule has 2 fully saturated rings. The minimum Gasteiger partial charge on any atom is -0.391 e. The van der Waals surface area contributed by atoms with Crippen LogP contribution in [0.3, 0.4) is 0 Å². The number of thiazole rings is 1. The maximum absolute atomic E-state index is 14.1. The number of nitrogen functional groups attached to an aromatic ring is 1. The average molecular weight is 1020 g/mol. The van der Waals surface area contributed by atoms with Crippen LogP contribution in [0.2, 0.25) is 5.02 Å². The highest BCUT2D eigenvalue weighted by Crippen LogP contribution is 2.39. The van der Waals surface area contributed by atoms with Crippen LogP contribution in [0.5, 0.6) is 0 Å². The first-order valence-corrected chi connectivity index (χ1v) is 26.0. The van der Waals surface area contributed by atoms with E-state index in [9.17, 15) is 29.1 Å². The molecule has 4 atom stereocenters. The van der Waals surface area contributed by atoms with Gasteiger partial charge in [-0.3, -0.25) is 24.0 Å². The van der Waals surface area contributed by atoms with Gasteiger partial charge in [0.25, 0.3) is 0 Å². The van der Waals surface area contributed by atoms with Crippen molar-refractivity contribution in [3.8, 4) is 10.4 Å². The standard InChI is InChI=1S/C50H68ClN11O6S2/c1-30(32-15-17-33(18-16-32)43-31(2)56-29-69-43)57-46(67)36-26-34(63)28-62(36)48(68)44(49(3,4)5)60-40(65)14-9-7-8-10-23-54-39(64)19-20-41(66)58-35-12-11-13-37(42(35)51)70-47-45(52)59-38(27-55-47)61-24-21-50(6,53)22-25-61/h11-13,15-18,27,29-30,34,36,44,63H,7-10,14,19-26,28,53H2,1-6H3,(H2,52,59)(H,54,64)(H,57,67)(H,58,66)(H,60,65)/t30-,34-,36-,44+/m1/s1. The van der Waals surface area contributed by atoms with Crippen LogP contribution in [0.25, 0.3) is 10.4 Å². The Balaban J connectivity index is 0.872. The van der Waals surface area contributed by atoms with E-state index in [-0.39, 0.29) is 73.3 Å². The summed E-state index contributed by atoms with van der Waals surface area (Å²) in [5.74, 6) is -0.709. The van der Waals surface area contributed by atoms with Gasteiger partial charge in [0.2, 0.25) is 29.5 Å². The Morgan fingerprint density at radius 3 is 2.33 bits per heavy atom. The number of hydrogen-bond acceptors (Lipinski definition) is 14. The van der Waals surface area contributed by atoms with Gasteiger partial charge in [-0.25, -0.2) is 15.0 Å². The molecule has 70 heavy (non-hydrogen) atoms. The molecule has 2 aromatic heterocycles. The smallest absolute Gasteiger partial charge is 0.246 e. The number of halogens is 1. The van der Waals surface area contributed by atoms with Gasteiger partial charge in [0.15, 0.2) is 5.82 Å². The number of carbonyl (C=O) groups is 5. The first kappa shape index (κ1) is 54.0. The van der Waals surface area contributed by atoms with Gasteiger partial charge in [-0.15, -0.1) is 11.3 Å². The van der Waals surface area contributed by atoms with Crippen LogP contribution in [0.15, 0.2) is 64.1 Å². The largest absolute Gasteiger partial charge is 0.391 e. The van der Waals surface area contributed by atoms with Crippen molar-refractivity contribution in [1.29, 1.82) is 0 Å². The molecular formula is C50H68ClN11O6S2. The lowest BCUT2D eigenvalue weighted by Gasteiger charge is -2.37. The Labute approximate surface area is 424 Å². The second-order valence-corrected chi connectivity index (χ2v) is 22.0. The molecule has 378 valence electrons. The molecule has 0 saturated carbocycles. The molecular weight excluding hydrogens is 950 g/mol. The predicted molar refractivity (Wildman–Crippen MR) is 276 cm³/mol. The number of amides is 5. The van der Waals surface area contributed by atoms with Crippen molar-refractivity contribution in [3.63, 3.8) is 0 Å². The lowest BCUT2D eigenvalue weighted by atomic mass is 9.85. The first-order chi connectivity index (χ1) is 33.2. The molecule has 0 aliphatic carbocycles. The molecule has 0 unspecified atom stereocenters. The van der Waals surface area contributed by atoms with Gasteiger partial charge < -0.3 is 47.6 Å². The molecule has 2 saturated heterocycles. The van der Waals surface area contributed by atoms with E-state index in [2.05, 4.69) is 48.0 Å². The molecule has 0 spiro atoms. The van der Waals surface area contributed by atoms with E-state index in [1.54, 1.807) is 35.7 Å². The summed E-state index contributed by atoms with van der Waals surface area (Å²) in [5, 5.41) is 23.0. The summed E-state index contributed by atoms with van der Waals surface area (Å²) in [6.07, 6.45) is 5.49. The van der Waals surface area contributed by atoms with Crippen LogP contribution in [0, 0.1) is 12.3 Å². The lowest BCUT2D eigenvalue weighted by molar-refractivity contribution is -0.144. The monoisotopic (exact) mass is 1020 g/mol. The number of likely N-dealkylation sites (tertiary alicyclic amines) is 1. The Kier molecular flexibility index (Phi) is 18.7. The van der Waals surface area contributed by atoms with E-state index >= 15 is 0 Å². The number of nitrogens with zero attached hydrogens (tertiary/aromatic N) is 5. The van der Waals surface area contributed by atoms with Crippen LogP contribution in [-0.2, 0) is 24.0 Å². The van der Waals surface area contributed by atoms with Gasteiger partial charge in [-0.05, 0) is 75.1 Å². The molecule has 6 rings (SSSR count). The van der Waals surface area contributed by atoms with Gasteiger partial charge in [0.05, 0.1) is 45.1 Å².